The van der Waals surface area contributed by atoms with E-state index in [0.717, 1.165) is 12.8 Å². The molecule has 3 fully saturated rings. The van der Waals surface area contributed by atoms with E-state index in [4.69, 9.17) is 23.7 Å². The minimum atomic E-state index is -1.11. The number of methoxy groups -OCH3 is 2. The summed E-state index contributed by atoms with van der Waals surface area (Å²) in [5.74, 6) is -2.27. The van der Waals surface area contributed by atoms with Crippen LogP contribution in [0.15, 0.2) is 12.7 Å². The molecule has 1 aliphatic carbocycles. The summed E-state index contributed by atoms with van der Waals surface area (Å²) >= 11 is 0. The molecule has 1 saturated carbocycles. The normalized spacial score (nSPS) is 40.4. The van der Waals surface area contributed by atoms with E-state index in [0.29, 0.717) is 6.54 Å². The topological polar surface area (TPSA) is 66.5 Å². The zero-order valence-electron chi connectivity index (χ0n) is 17.5. The van der Waals surface area contributed by atoms with Crippen molar-refractivity contribution in [3.8, 4) is 0 Å². The minimum Gasteiger partial charge on any atom is -0.444 e. The first-order valence-corrected chi connectivity index (χ1v) is 9.54. The second-order valence-corrected chi connectivity index (χ2v) is 8.99. The van der Waals surface area contributed by atoms with Crippen molar-refractivity contribution in [2.24, 2.45) is 5.92 Å². The van der Waals surface area contributed by atoms with Gasteiger partial charge in [-0.2, -0.15) is 0 Å². The first kappa shape index (κ1) is 20.6. The average Bonchev–Trinajstić information content (AvgIpc) is 3.35. The van der Waals surface area contributed by atoms with Crippen molar-refractivity contribution in [1.82, 2.24) is 4.90 Å². The molecule has 7 heteroatoms. The molecule has 7 nitrogen and oxygen atoms in total. The molecular formula is C20H33NO6. The Morgan fingerprint density at radius 2 is 1.70 bits per heavy atom. The Morgan fingerprint density at radius 3 is 2.15 bits per heavy atom. The van der Waals surface area contributed by atoms with Crippen LogP contribution in [0, 0.1) is 5.92 Å². The largest absolute Gasteiger partial charge is 0.444 e. The van der Waals surface area contributed by atoms with Crippen LogP contribution in [0.1, 0.15) is 47.5 Å². The number of amides is 1. The van der Waals surface area contributed by atoms with Gasteiger partial charge in [-0.25, -0.2) is 4.79 Å². The van der Waals surface area contributed by atoms with E-state index in [2.05, 4.69) is 6.58 Å². The van der Waals surface area contributed by atoms with E-state index in [1.807, 2.05) is 33.8 Å². The summed E-state index contributed by atoms with van der Waals surface area (Å²) in [6, 6.07) is 0. The molecular weight excluding hydrogens is 350 g/mol. The zero-order chi connectivity index (χ0) is 20.3. The van der Waals surface area contributed by atoms with Crippen molar-refractivity contribution in [1.29, 1.82) is 0 Å². The quantitative estimate of drug-likeness (QED) is 0.698. The number of carbonyl (C=O) groups is 1. The summed E-state index contributed by atoms with van der Waals surface area (Å²) in [7, 11) is 3.13. The van der Waals surface area contributed by atoms with Gasteiger partial charge in [0, 0.05) is 20.1 Å². The summed E-state index contributed by atoms with van der Waals surface area (Å²) in [6.07, 6.45) is 2.67. The third kappa shape index (κ3) is 3.18. The van der Waals surface area contributed by atoms with Crippen LogP contribution < -0.4 is 0 Å². The fourth-order valence-electron chi connectivity index (χ4n) is 4.32. The molecule has 0 aromatic heterocycles. The molecule has 0 bridgehead atoms. The Labute approximate surface area is 161 Å². The van der Waals surface area contributed by atoms with Gasteiger partial charge in [0.15, 0.2) is 0 Å². The third-order valence-corrected chi connectivity index (χ3v) is 6.21. The summed E-state index contributed by atoms with van der Waals surface area (Å²) in [4.78, 5) is 14.7. The minimum absolute atomic E-state index is 0.0837. The average molecular weight is 383 g/mol. The molecule has 5 atom stereocenters. The predicted molar refractivity (Wildman–Crippen MR) is 99.2 cm³/mol. The van der Waals surface area contributed by atoms with Crippen LogP contribution in [0.25, 0.3) is 0 Å². The summed E-state index contributed by atoms with van der Waals surface area (Å²) in [5, 5.41) is 0. The van der Waals surface area contributed by atoms with Crippen molar-refractivity contribution >= 4 is 6.09 Å². The molecule has 3 rings (SSSR count). The first-order chi connectivity index (χ1) is 12.5. The molecule has 1 amide bonds. The van der Waals surface area contributed by atoms with E-state index in [1.165, 1.54) is 0 Å². The lowest BCUT2D eigenvalue weighted by Gasteiger charge is -2.58. The Balaban J connectivity index is 1.93. The number of carbonyl (C=O) groups excluding carboxylic acids is 1. The van der Waals surface area contributed by atoms with Crippen LogP contribution in [0.4, 0.5) is 4.79 Å². The van der Waals surface area contributed by atoms with Gasteiger partial charge < -0.3 is 23.7 Å². The number of piperidine rings is 1. The Bertz CT molecular complexity index is 612. The molecule has 5 unspecified atom stereocenters. The van der Waals surface area contributed by atoms with Crippen molar-refractivity contribution < 1.29 is 28.5 Å². The molecule has 2 heterocycles. The zero-order valence-corrected chi connectivity index (χ0v) is 17.5. The molecule has 2 aliphatic heterocycles. The summed E-state index contributed by atoms with van der Waals surface area (Å²) in [5.41, 5.74) is -0.892. The highest BCUT2D eigenvalue weighted by Crippen LogP contribution is 2.56. The Kier molecular flexibility index (Phi) is 4.91. The molecule has 2 saturated heterocycles. The smallest absolute Gasteiger partial charge is 0.410 e. The van der Waals surface area contributed by atoms with Crippen LogP contribution in [0.2, 0.25) is 0 Å². The van der Waals surface area contributed by atoms with Crippen LogP contribution in [-0.2, 0) is 23.7 Å². The maximum absolute atomic E-state index is 12.9. The van der Waals surface area contributed by atoms with Crippen LogP contribution in [0.3, 0.4) is 0 Å². The van der Waals surface area contributed by atoms with Crippen LogP contribution in [-0.4, -0.2) is 66.7 Å². The van der Waals surface area contributed by atoms with E-state index in [1.54, 1.807) is 26.0 Å². The van der Waals surface area contributed by atoms with Gasteiger partial charge in [0.2, 0.25) is 11.6 Å². The number of likely N-dealkylation sites (tertiary alicyclic amines) is 1. The van der Waals surface area contributed by atoms with E-state index >= 15 is 0 Å². The molecule has 27 heavy (non-hydrogen) atoms. The van der Waals surface area contributed by atoms with Gasteiger partial charge >= 0.3 is 6.09 Å². The first-order valence-electron chi connectivity index (χ1n) is 9.54. The molecule has 0 aromatic carbocycles. The molecule has 0 aromatic rings. The van der Waals surface area contributed by atoms with E-state index in [-0.39, 0.29) is 29.8 Å². The number of nitrogens with zero attached hydrogens (tertiary/aromatic N) is 1. The highest BCUT2D eigenvalue weighted by atomic mass is 16.8. The standard InChI is InChI=1S/C20H33NO6/c1-9-13-15-14(25-18(5,23-7)19(6,24-8)26-15)12-21(20(13)10-11-20)16(22)27-17(2,3)4/h9,13-15H,1,10-12H2,2-8H3. The molecule has 1 spiro atoms. The highest BCUT2D eigenvalue weighted by molar-refractivity contribution is 5.70. The molecule has 0 N–H and O–H groups in total. The van der Waals surface area contributed by atoms with Gasteiger partial charge in [-0.3, -0.25) is 4.90 Å². The van der Waals surface area contributed by atoms with E-state index in [9.17, 15) is 4.79 Å². The van der Waals surface area contributed by atoms with Crippen molar-refractivity contribution in [2.75, 3.05) is 20.8 Å². The number of rotatable bonds is 3. The lowest BCUT2D eigenvalue weighted by Crippen LogP contribution is -2.72. The molecule has 3 aliphatic rings. The van der Waals surface area contributed by atoms with Crippen molar-refractivity contribution in [3.63, 3.8) is 0 Å². The molecule has 154 valence electrons. The lowest BCUT2D eigenvalue weighted by molar-refractivity contribution is -0.456. The van der Waals surface area contributed by atoms with Crippen molar-refractivity contribution in [3.05, 3.63) is 12.7 Å². The third-order valence-electron chi connectivity index (χ3n) is 6.21. The lowest BCUT2D eigenvalue weighted by atomic mass is 9.81. The van der Waals surface area contributed by atoms with Crippen LogP contribution >= 0.6 is 0 Å². The Morgan fingerprint density at radius 1 is 1.15 bits per heavy atom. The fraction of sp³-hybridized carbons (Fsp3) is 0.850. The van der Waals surface area contributed by atoms with Crippen LogP contribution in [0.5, 0.6) is 0 Å². The van der Waals surface area contributed by atoms with E-state index < -0.39 is 17.2 Å². The number of ether oxygens (including phenoxy) is 5. The van der Waals surface area contributed by atoms with Gasteiger partial charge in [0.25, 0.3) is 0 Å². The van der Waals surface area contributed by atoms with Gasteiger partial charge in [-0.05, 0) is 47.5 Å². The second kappa shape index (κ2) is 6.44. The summed E-state index contributed by atoms with van der Waals surface area (Å²) < 4.78 is 29.7. The van der Waals surface area contributed by atoms with Crippen molar-refractivity contribution in [2.45, 2.75) is 82.4 Å². The molecule has 0 radical (unpaired) electrons. The Hall–Kier alpha value is -1.15. The monoisotopic (exact) mass is 383 g/mol. The fourth-order valence-corrected chi connectivity index (χ4v) is 4.32. The van der Waals surface area contributed by atoms with Gasteiger partial charge in [-0.15, -0.1) is 6.58 Å². The predicted octanol–water partition coefficient (Wildman–Crippen LogP) is 3.08. The second-order valence-electron chi connectivity index (χ2n) is 8.99. The SMILES string of the molecule is C=CC1C2OC(C)(OC)C(C)(OC)OC2CN(C(=O)OC(C)(C)C)C12CC2. The van der Waals surface area contributed by atoms with Gasteiger partial charge in [0.05, 0.1) is 18.2 Å². The van der Waals surface area contributed by atoms with Gasteiger partial charge in [-0.1, -0.05) is 6.08 Å². The van der Waals surface area contributed by atoms with Gasteiger partial charge in [0.1, 0.15) is 11.7 Å². The highest BCUT2D eigenvalue weighted by Gasteiger charge is 2.67. The number of hydrogen-bond donors (Lipinski definition) is 0. The maximum atomic E-state index is 12.9. The number of hydrogen-bond acceptors (Lipinski definition) is 6. The maximum Gasteiger partial charge on any atom is 0.410 e. The number of fused-ring (bicyclic) bond motifs is 1. The summed E-state index contributed by atoms with van der Waals surface area (Å²) in [6.45, 7) is 13.6.